The van der Waals surface area contributed by atoms with Crippen molar-refractivity contribution in [2.75, 3.05) is 26.9 Å². The summed E-state index contributed by atoms with van der Waals surface area (Å²) in [4.78, 5) is 13.1. The zero-order valence-corrected chi connectivity index (χ0v) is 19.1. The summed E-state index contributed by atoms with van der Waals surface area (Å²) in [6.07, 6.45) is 2.55. The molecule has 0 saturated carbocycles. The molecule has 0 saturated heterocycles. The van der Waals surface area contributed by atoms with Crippen LogP contribution in [-0.2, 0) is 13.1 Å². The number of para-hydroxylation sites is 1. The van der Waals surface area contributed by atoms with E-state index < -0.39 is 6.10 Å². The van der Waals surface area contributed by atoms with Gasteiger partial charge < -0.3 is 23.7 Å². The highest BCUT2D eigenvalue weighted by molar-refractivity contribution is 5.76. The van der Waals surface area contributed by atoms with Crippen LogP contribution in [0.1, 0.15) is 35.0 Å². The number of carbonyl (C=O) groups excluding carboxylic acids is 1. The molecule has 7 heteroatoms. The smallest absolute Gasteiger partial charge is 0.161 e. The highest BCUT2D eigenvalue weighted by Gasteiger charge is 2.17. The van der Waals surface area contributed by atoms with E-state index in [-0.39, 0.29) is 6.61 Å². The number of rotatable bonds is 14. The largest absolute Gasteiger partial charge is 0.493 e. The predicted octanol–water partition coefficient (Wildman–Crippen LogP) is 4.33. The van der Waals surface area contributed by atoms with E-state index in [9.17, 15) is 9.90 Å². The van der Waals surface area contributed by atoms with Crippen molar-refractivity contribution < 1.29 is 28.5 Å². The molecule has 3 rings (SSSR count). The number of aliphatic hydroxyl groups excluding tert-OH is 1. The van der Waals surface area contributed by atoms with Crippen LogP contribution in [0.4, 0.5) is 0 Å². The first kappa shape index (κ1) is 24.4. The summed E-state index contributed by atoms with van der Waals surface area (Å²) in [5, 5.41) is 10.7. The molecule has 0 bridgehead atoms. The molecule has 0 spiro atoms. The third-order valence-corrected chi connectivity index (χ3v) is 5.01. The van der Waals surface area contributed by atoms with Crippen molar-refractivity contribution >= 4 is 6.29 Å². The Labute approximate surface area is 194 Å². The standard InChI is InChI=1S/C26H31NO6/c1-3-12-32-24-9-5-4-7-21(24)15-27(17-23-8-6-13-31-23)16-22(29)19-33-25-11-10-20(18-28)14-26(25)30-2/h4-11,13-14,18,22,29H,3,12,15-17,19H2,1-2H3. The van der Waals surface area contributed by atoms with Gasteiger partial charge in [0.25, 0.3) is 0 Å². The lowest BCUT2D eigenvalue weighted by Gasteiger charge is -2.25. The number of aliphatic hydroxyl groups is 1. The summed E-state index contributed by atoms with van der Waals surface area (Å²) < 4.78 is 22.5. The van der Waals surface area contributed by atoms with Crippen LogP contribution in [0.3, 0.4) is 0 Å². The van der Waals surface area contributed by atoms with Crippen molar-refractivity contribution in [2.24, 2.45) is 0 Å². The Bertz CT molecular complexity index is 988. The fourth-order valence-corrected chi connectivity index (χ4v) is 3.45. The molecule has 0 amide bonds. The maximum Gasteiger partial charge on any atom is 0.161 e. The number of hydrogen-bond acceptors (Lipinski definition) is 7. The van der Waals surface area contributed by atoms with Crippen LogP contribution < -0.4 is 14.2 Å². The molecule has 1 N–H and O–H groups in total. The van der Waals surface area contributed by atoms with Gasteiger partial charge in [-0.3, -0.25) is 9.69 Å². The van der Waals surface area contributed by atoms with Crippen LogP contribution in [-0.4, -0.2) is 49.3 Å². The summed E-state index contributed by atoms with van der Waals surface area (Å²) in [6, 6.07) is 16.6. The minimum absolute atomic E-state index is 0.0689. The lowest BCUT2D eigenvalue weighted by atomic mass is 10.1. The maximum atomic E-state index is 11.0. The summed E-state index contributed by atoms with van der Waals surface area (Å²) in [7, 11) is 1.51. The van der Waals surface area contributed by atoms with E-state index in [0.717, 1.165) is 29.8 Å². The van der Waals surface area contributed by atoms with Crippen molar-refractivity contribution in [3.8, 4) is 17.2 Å². The third kappa shape index (κ3) is 7.37. The predicted molar refractivity (Wildman–Crippen MR) is 125 cm³/mol. The maximum absolute atomic E-state index is 11.0. The van der Waals surface area contributed by atoms with E-state index >= 15 is 0 Å². The molecule has 1 unspecified atom stereocenters. The molecule has 7 nitrogen and oxygen atoms in total. The number of nitrogens with zero attached hydrogens (tertiary/aromatic N) is 1. The first-order valence-electron chi connectivity index (χ1n) is 11.0. The van der Waals surface area contributed by atoms with Gasteiger partial charge in [-0.1, -0.05) is 25.1 Å². The molecule has 1 atom stereocenters. The summed E-state index contributed by atoms with van der Waals surface area (Å²) in [6.45, 7) is 4.26. The van der Waals surface area contributed by atoms with Gasteiger partial charge in [0.15, 0.2) is 11.5 Å². The number of carbonyl (C=O) groups is 1. The van der Waals surface area contributed by atoms with Crippen LogP contribution in [0, 0.1) is 0 Å². The van der Waals surface area contributed by atoms with Gasteiger partial charge in [-0.15, -0.1) is 0 Å². The Morgan fingerprint density at radius 3 is 2.61 bits per heavy atom. The lowest BCUT2D eigenvalue weighted by Crippen LogP contribution is -2.35. The topological polar surface area (TPSA) is 81.4 Å². The fourth-order valence-electron chi connectivity index (χ4n) is 3.45. The number of aldehydes is 1. The number of benzene rings is 2. The van der Waals surface area contributed by atoms with Gasteiger partial charge >= 0.3 is 0 Å². The molecule has 0 radical (unpaired) electrons. The molecule has 0 aliphatic rings. The van der Waals surface area contributed by atoms with Crippen molar-refractivity contribution in [3.63, 3.8) is 0 Å². The number of methoxy groups -OCH3 is 1. The van der Waals surface area contributed by atoms with Crippen LogP contribution >= 0.6 is 0 Å². The molecule has 33 heavy (non-hydrogen) atoms. The molecule has 176 valence electrons. The molecule has 0 fully saturated rings. The van der Waals surface area contributed by atoms with Gasteiger partial charge in [-0.05, 0) is 42.8 Å². The van der Waals surface area contributed by atoms with E-state index in [1.54, 1.807) is 24.5 Å². The van der Waals surface area contributed by atoms with E-state index in [1.165, 1.54) is 7.11 Å². The first-order chi connectivity index (χ1) is 16.1. The highest BCUT2D eigenvalue weighted by atomic mass is 16.5. The van der Waals surface area contributed by atoms with Gasteiger partial charge in [0.1, 0.15) is 30.5 Å². The first-order valence-corrected chi connectivity index (χ1v) is 11.0. The van der Waals surface area contributed by atoms with Crippen LogP contribution in [0.2, 0.25) is 0 Å². The van der Waals surface area contributed by atoms with Crippen LogP contribution in [0.5, 0.6) is 17.2 Å². The van der Waals surface area contributed by atoms with E-state index in [4.69, 9.17) is 18.6 Å². The van der Waals surface area contributed by atoms with Crippen molar-refractivity contribution in [1.29, 1.82) is 0 Å². The number of ether oxygens (including phenoxy) is 3. The van der Waals surface area contributed by atoms with E-state index in [2.05, 4.69) is 11.8 Å². The van der Waals surface area contributed by atoms with Crippen molar-refractivity contribution in [3.05, 3.63) is 77.7 Å². The van der Waals surface area contributed by atoms with Crippen molar-refractivity contribution in [2.45, 2.75) is 32.5 Å². The van der Waals surface area contributed by atoms with Gasteiger partial charge in [0, 0.05) is 24.2 Å². The molecule has 1 aromatic heterocycles. The normalized spacial score (nSPS) is 11.9. The molecule has 0 aliphatic carbocycles. The van der Waals surface area contributed by atoms with E-state index in [1.807, 2.05) is 36.4 Å². The Morgan fingerprint density at radius 1 is 1.03 bits per heavy atom. The summed E-state index contributed by atoms with van der Waals surface area (Å²) >= 11 is 0. The zero-order valence-electron chi connectivity index (χ0n) is 19.1. The SMILES string of the molecule is CCCOc1ccccc1CN(Cc1ccco1)CC(O)COc1ccc(C=O)cc1OC. The average molecular weight is 454 g/mol. The van der Waals surface area contributed by atoms with Gasteiger partial charge in [0.2, 0.25) is 0 Å². The molecule has 0 aliphatic heterocycles. The monoisotopic (exact) mass is 453 g/mol. The Hall–Kier alpha value is -3.29. The Balaban J connectivity index is 1.67. The van der Waals surface area contributed by atoms with Gasteiger partial charge in [-0.25, -0.2) is 0 Å². The fraction of sp³-hybridized carbons (Fsp3) is 0.346. The second-order valence-electron chi connectivity index (χ2n) is 7.70. The zero-order chi connectivity index (χ0) is 23.5. The summed E-state index contributed by atoms with van der Waals surface area (Å²) in [5.74, 6) is 2.56. The van der Waals surface area contributed by atoms with Gasteiger partial charge in [-0.2, -0.15) is 0 Å². The Kier molecular flexibility index (Phi) is 9.35. The number of hydrogen-bond donors (Lipinski definition) is 1. The minimum atomic E-state index is -0.765. The second kappa shape index (κ2) is 12.7. The second-order valence-corrected chi connectivity index (χ2v) is 7.70. The minimum Gasteiger partial charge on any atom is -0.493 e. The third-order valence-electron chi connectivity index (χ3n) is 5.01. The molecular formula is C26H31NO6. The average Bonchev–Trinajstić information content (AvgIpc) is 3.35. The molecular weight excluding hydrogens is 422 g/mol. The lowest BCUT2D eigenvalue weighted by molar-refractivity contribution is 0.0592. The molecule has 1 heterocycles. The van der Waals surface area contributed by atoms with Crippen LogP contribution in [0.25, 0.3) is 0 Å². The van der Waals surface area contributed by atoms with Crippen molar-refractivity contribution in [1.82, 2.24) is 4.90 Å². The van der Waals surface area contributed by atoms with Gasteiger partial charge in [0.05, 0.1) is 26.5 Å². The highest BCUT2D eigenvalue weighted by Crippen LogP contribution is 2.28. The number of furan rings is 1. The molecule has 2 aromatic carbocycles. The summed E-state index contributed by atoms with van der Waals surface area (Å²) in [5.41, 5.74) is 1.53. The Morgan fingerprint density at radius 2 is 1.88 bits per heavy atom. The molecule has 3 aromatic rings. The van der Waals surface area contributed by atoms with Crippen LogP contribution in [0.15, 0.2) is 65.3 Å². The quantitative estimate of drug-likeness (QED) is 0.364. The van der Waals surface area contributed by atoms with E-state index in [0.29, 0.717) is 43.3 Å².